The van der Waals surface area contributed by atoms with Crippen molar-refractivity contribution < 1.29 is 22.9 Å². The van der Waals surface area contributed by atoms with Crippen LogP contribution in [0.4, 0.5) is 4.39 Å². The molecule has 0 heterocycles. The molecule has 0 saturated carbocycles. The van der Waals surface area contributed by atoms with Crippen LogP contribution in [-0.2, 0) is 10.0 Å². The van der Waals surface area contributed by atoms with E-state index in [9.17, 15) is 12.8 Å². The summed E-state index contributed by atoms with van der Waals surface area (Å²) in [6.07, 6.45) is 0. The monoisotopic (exact) mass is 275 g/mol. The Morgan fingerprint density at radius 1 is 1.28 bits per heavy atom. The minimum absolute atomic E-state index is 0.157. The maximum Gasteiger partial charge on any atom is 0.491 e. The number of hydrogen-bond donors (Lipinski definition) is 2. The first-order valence-corrected chi connectivity index (χ1v) is 6.94. The van der Waals surface area contributed by atoms with E-state index in [0.29, 0.717) is 0 Å². The summed E-state index contributed by atoms with van der Waals surface area (Å²) in [6, 6.07) is 2.95. The van der Waals surface area contributed by atoms with Gasteiger partial charge in [-0.15, -0.1) is 0 Å². The largest absolute Gasteiger partial charge is 0.491 e. The Morgan fingerprint density at radius 3 is 2.28 bits per heavy atom. The van der Waals surface area contributed by atoms with Crippen molar-refractivity contribution in [3.63, 3.8) is 0 Å². The van der Waals surface area contributed by atoms with Gasteiger partial charge in [-0.2, -0.15) is 4.31 Å². The zero-order chi connectivity index (χ0) is 13.9. The average Bonchev–Trinajstić information content (AvgIpc) is 2.30. The van der Waals surface area contributed by atoms with Gasteiger partial charge < -0.3 is 10.0 Å². The molecule has 0 unspecified atom stereocenters. The van der Waals surface area contributed by atoms with E-state index < -0.39 is 28.4 Å². The minimum atomic E-state index is -3.73. The molecular formula is C10H15BFNO4S. The molecule has 5 nitrogen and oxygen atoms in total. The van der Waals surface area contributed by atoms with Gasteiger partial charge in [-0.25, -0.2) is 12.8 Å². The van der Waals surface area contributed by atoms with E-state index in [1.165, 1.54) is 4.31 Å². The van der Waals surface area contributed by atoms with Gasteiger partial charge in [0.2, 0.25) is 10.0 Å². The van der Waals surface area contributed by atoms with Crippen molar-refractivity contribution in [2.45, 2.75) is 18.7 Å². The molecule has 0 aromatic heterocycles. The number of halogens is 1. The predicted octanol–water partition coefficient (Wildman–Crippen LogP) is -0.464. The first-order chi connectivity index (χ1) is 8.34. The Bertz CT molecular complexity index is 517. The first-order valence-electron chi connectivity index (χ1n) is 5.50. The SMILES string of the molecule is CCN(CC)S(=O)(=O)c1ccc(F)c(B(O)O)c1. The molecule has 0 aliphatic heterocycles. The maximum atomic E-state index is 13.2. The summed E-state index contributed by atoms with van der Waals surface area (Å²) in [7, 11) is -5.77. The number of benzene rings is 1. The number of hydrogen-bond acceptors (Lipinski definition) is 4. The molecule has 0 aliphatic rings. The summed E-state index contributed by atoms with van der Waals surface area (Å²) in [5.74, 6) is -0.858. The van der Waals surface area contributed by atoms with Crippen molar-refractivity contribution in [3.05, 3.63) is 24.0 Å². The van der Waals surface area contributed by atoms with E-state index in [2.05, 4.69) is 0 Å². The zero-order valence-electron chi connectivity index (χ0n) is 10.2. The summed E-state index contributed by atoms with van der Waals surface area (Å²) in [4.78, 5) is -0.157. The van der Waals surface area contributed by atoms with Crippen LogP contribution in [0.2, 0.25) is 0 Å². The van der Waals surface area contributed by atoms with Crippen molar-refractivity contribution in [1.82, 2.24) is 4.31 Å². The van der Waals surface area contributed by atoms with Crippen LogP contribution in [0.5, 0.6) is 0 Å². The van der Waals surface area contributed by atoms with Crippen LogP contribution in [-0.4, -0.2) is 43.0 Å². The number of nitrogens with zero attached hydrogens (tertiary/aromatic N) is 1. The summed E-state index contributed by atoms with van der Waals surface area (Å²) in [5.41, 5.74) is -0.455. The average molecular weight is 275 g/mol. The Balaban J connectivity index is 3.30. The second kappa shape index (κ2) is 5.79. The van der Waals surface area contributed by atoms with Crippen LogP contribution < -0.4 is 5.46 Å². The Kier molecular flexibility index (Phi) is 4.86. The highest BCUT2D eigenvalue weighted by Gasteiger charge is 2.25. The Labute approximate surface area is 106 Å². The molecule has 1 rings (SSSR count). The summed E-state index contributed by atoms with van der Waals surface area (Å²) >= 11 is 0. The van der Waals surface area contributed by atoms with Gasteiger partial charge in [0, 0.05) is 18.6 Å². The number of sulfonamides is 1. The molecule has 0 fully saturated rings. The van der Waals surface area contributed by atoms with Crippen LogP contribution in [0, 0.1) is 5.82 Å². The third kappa shape index (κ3) is 2.89. The fraction of sp³-hybridized carbons (Fsp3) is 0.400. The molecule has 100 valence electrons. The lowest BCUT2D eigenvalue weighted by atomic mass is 9.80. The van der Waals surface area contributed by atoms with Gasteiger partial charge in [0.25, 0.3) is 0 Å². The summed E-state index contributed by atoms with van der Waals surface area (Å²) in [5, 5.41) is 17.9. The summed E-state index contributed by atoms with van der Waals surface area (Å²) in [6.45, 7) is 3.94. The second-order valence-corrected chi connectivity index (χ2v) is 5.58. The topological polar surface area (TPSA) is 77.8 Å². The Hall–Kier alpha value is -0.955. The van der Waals surface area contributed by atoms with Crippen LogP contribution in [0.15, 0.2) is 23.1 Å². The molecule has 0 atom stereocenters. The minimum Gasteiger partial charge on any atom is -0.423 e. The third-order valence-electron chi connectivity index (χ3n) is 2.59. The standard InChI is InChI=1S/C10H15BFNO4S/c1-3-13(4-2)18(16,17)8-5-6-10(12)9(7-8)11(14)15/h5-7,14-15H,3-4H2,1-2H3. The lowest BCUT2D eigenvalue weighted by Gasteiger charge is -2.18. The lowest BCUT2D eigenvalue weighted by molar-refractivity contribution is 0.422. The molecule has 0 aliphatic carbocycles. The van der Waals surface area contributed by atoms with Gasteiger partial charge in [0.1, 0.15) is 5.82 Å². The van der Waals surface area contributed by atoms with E-state index in [0.717, 1.165) is 18.2 Å². The molecule has 18 heavy (non-hydrogen) atoms. The molecule has 0 spiro atoms. The van der Waals surface area contributed by atoms with Gasteiger partial charge in [-0.1, -0.05) is 13.8 Å². The molecule has 1 aromatic carbocycles. The lowest BCUT2D eigenvalue weighted by Crippen LogP contribution is -2.35. The summed E-state index contributed by atoms with van der Waals surface area (Å²) < 4.78 is 38.7. The quantitative estimate of drug-likeness (QED) is 0.713. The van der Waals surface area contributed by atoms with Gasteiger partial charge in [-0.05, 0) is 18.2 Å². The van der Waals surface area contributed by atoms with Crippen molar-refractivity contribution >= 4 is 22.6 Å². The van der Waals surface area contributed by atoms with E-state index in [1.54, 1.807) is 13.8 Å². The van der Waals surface area contributed by atoms with E-state index in [-0.39, 0.29) is 18.0 Å². The highest BCUT2D eigenvalue weighted by molar-refractivity contribution is 7.89. The maximum absolute atomic E-state index is 13.2. The smallest absolute Gasteiger partial charge is 0.423 e. The Morgan fingerprint density at radius 2 is 1.83 bits per heavy atom. The second-order valence-electron chi connectivity index (χ2n) is 3.65. The van der Waals surface area contributed by atoms with Crippen LogP contribution in [0.1, 0.15) is 13.8 Å². The van der Waals surface area contributed by atoms with Crippen LogP contribution in [0.25, 0.3) is 0 Å². The first kappa shape index (κ1) is 15.1. The highest BCUT2D eigenvalue weighted by Crippen LogP contribution is 2.15. The third-order valence-corrected chi connectivity index (χ3v) is 4.63. The molecular weight excluding hydrogens is 260 g/mol. The van der Waals surface area contributed by atoms with Crippen molar-refractivity contribution in [2.24, 2.45) is 0 Å². The molecule has 8 heteroatoms. The normalized spacial score (nSPS) is 11.9. The predicted molar refractivity (Wildman–Crippen MR) is 66.3 cm³/mol. The highest BCUT2D eigenvalue weighted by atomic mass is 32.2. The molecule has 0 bridgehead atoms. The fourth-order valence-electron chi connectivity index (χ4n) is 1.59. The van der Waals surface area contributed by atoms with Gasteiger partial charge in [0.15, 0.2) is 0 Å². The van der Waals surface area contributed by atoms with Gasteiger partial charge in [0.05, 0.1) is 4.90 Å². The molecule has 2 N–H and O–H groups in total. The van der Waals surface area contributed by atoms with Crippen LogP contribution in [0.3, 0.4) is 0 Å². The molecule has 0 radical (unpaired) electrons. The van der Waals surface area contributed by atoms with E-state index in [4.69, 9.17) is 10.0 Å². The molecule has 0 saturated heterocycles. The van der Waals surface area contributed by atoms with E-state index >= 15 is 0 Å². The van der Waals surface area contributed by atoms with Crippen molar-refractivity contribution in [3.8, 4) is 0 Å². The van der Waals surface area contributed by atoms with Crippen molar-refractivity contribution in [1.29, 1.82) is 0 Å². The van der Waals surface area contributed by atoms with Gasteiger partial charge >= 0.3 is 7.12 Å². The van der Waals surface area contributed by atoms with Crippen molar-refractivity contribution in [2.75, 3.05) is 13.1 Å². The molecule has 0 amide bonds. The number of rotatable bonds is 5. The fourth-order valence-corrected chi connectivity index (χ4v) is 3.09. The van der Waals surface area contributed by atoms with Gasteiger partial charge in [-0.3, -0.25) is 0 Å². The zero-order valence-corrected chi connectivity index (χ0v) is 11.0. The molecule has 1 aromatic rings. The van der Waals surface area contributed by atoms with E-state index in [1.807, 2.05) is 0 Å². The van der Waals surface area contributed by atoms with Crippen LogP contribution >= 0.6 is 0 Å².